The van der Waals surface area contributed by atoms with Crippen LogP contribution in [0, 0.1) is 5.82 Å². The summed E-state index contributed by atoms with van der Waals surface area (Å²) in [5.74, 6) is -0.463. The van der Waals surface area contributed by atoms with Crippen molar-refractivity contribution in [2.24, 2.45) is 0 Å². The lowest BCUT2D eigenvalue weighted by atomic mass is 10.3. The summed E-state index contributed by atoms with van der Waals surface area (Å²) in [5, 5.41) is -1.26. The third-order valence-corrected chi connectivity index (χ3v) is 7.41. The lowest BCUT2D eigenvalue weighted by molar-refractivity contribution is 0.486. The molecule has 0 aliphatic rings. The molecule has 0 aliphatic heterocycles. The minimum Gasteiger partial charge on any atom is -0.468 e. The summed E-state index contributed by atoms with van der Waals surface area (Å²) in [6.07, 6.45) is 1.32. The molecule has 0 bridgehead atoms. The van der Waals surface area contributed by atoms with Gasteiger partial charge in [-0.2, -0.15) is 0 Å². The van der Waals surface area contributed by atoms with Gasteiger partial charge in [-0.15, -0.1) is 0 Å². The normalized spacial score (nSPS) is 13.4. The van der Waals surface area contributed by atoms with Gasteiger partial charge in [-0.1, -0.05) is 18.2 Å². The van der Waals surface area contributed by atoms with E-state index in [1.165, 1.54) is 30.5 Å². The van der Waals surface area contributed by atoms with Gasteiger partial charge < -0.3 is 4.42 Å². The predicted octanol–water partition coefficient (Wildman–Crippen LogP) is 2.91. The van der Waals surface area contributed by atoms with Gasteiger partial charge in [0.2, 0.25) is 10.0 Å². The highest BCUT2D eigenvalue weighted by Gasteiger charge is 2.32. The molecule has 0 spiro atoms. The maximum Gasteiger partial charge on any atom is 0.240 e. The highest BCUT2D eigenvalue weighted by Crippen LogP contribution is 2.29. The van der Waals surface area contributed by atoms with Crippen LogP contribution in [0.25, 0.3) is 0 Å². The fourth-order valence-electron chi connectivity index (χ4n) is 2.49. The third kappa shape index (κ3) is 4.26. The van der Waals surface area contributed by atoms with E-state index in [9.17, 15) is 21.2 Å². The first kappa shape index (κ1) is 19.3. The van der Waals surface area contributed by atoms with Gasteiger partial charge in [-0.05, 0) is 48.5 Å². The van der Waals surface area contributed by atoms with Crippen molar-refractivity contribution in [3.05, 3.63) is 84.6 Å². The zero-order chi connectivity index (χ0) is 19.5. The highest BCUT2D eigenvalue weighted by molar-refractivity contribution is 7.92. The van der Waals surface area contributed by atoms with Crippen molar-refractivity contribution in [2.45, 2.75) is 15.0 Å². The van der Waals surface area contributed by atoms with Crippen LogP contribution in [0.3, 0.4) is 0 Å². The van der Waals surface area contributed by atoms with E-state index in [4.69, 9.17) is 4.42 Å². The van der Waals surface area contributed by atoms with Crippen LogP contribution in [0.15, 0.2) is 87.2 Å². The Morgan fingerprint density at radius 3 is 2.11 bits per heavy atom. The molecule has 142 valence electrons. The van der Waals surface area contributed by atoms with Gasteiger partial charge in [0.1, 0.15) is 16.8 Å². The van der Waals surface area contributed by atoms with E-state index < -0.39 is 37.5 Å². The molecule has 6 nitrogen and oxygen atoms in total. The summed E-state index contributed by atoms with van der Waals surface area (Å²) in [6.45, 7) is -0.440. The molecule has 27 heavy (non-hydrogen) atoms. The average Bonchev–Trinajstić information content (AvgIpc) is 3.17. The topological polar surface area (TPSA) is 93.4 Å². The number of hydrogen-bond acceptors (Lipinski definition) is 5. The SMILES string of the molecule is O=S(=O)(NCC(c1ccco1)S(=O)(=O)c1ccccc1)c1ccc(F)cc1. The fourth-order valence-corrected chi connectivity index (χ4v) is 5.25. The van der Waals surface area contributed by atoms with Gasteiger partial charge in [0, 0.05) is 6.54 Å². The van der Waals surface area contributed by atoms with E-state index >= 15 is 0 Å². The number of benzene rings is 2. The maximum atomic E-state index is 13.0. The van der Waals surface area contributed by atoms with Crippen molar-refractivity contribution in [3.8, 4) is 0 Å². The Bertz CT molecular complexity index is 1090. The van der Waals surface area contributed by atoms with Crippen LogP contribution in [0.1, 0.15) is 11.0 Å². The van der Waals surface area contributed by atoms with E-state index in [0.29, 0.717) is 0 Å². The zero-order valence-electron chi connectivity index (χ0n) is 13.9. The molecule has 3 aromatic rings. The molecule has 1 aromatic heterocycles. The van der Waals surface area contributed by atoms with Crippen LogP contribution in [0.4, 0.5) is 4.39 Å². The van der Waals surface area contributed by atoms with Crippen LogP contribution in [0.5, 0.6) is 0 Å². The monoisotopic (exact) mass is 409 g/mol. The van der Waals surface area contributed by atoms with E-state index in [1.54, 1.807) is 18.2 Å². The standard InChI is InChI=1S/C18H16FNO5S2/c19-14-8-10-16(11-9-14)27(23,24)20-13-18(17-7-4-12-25-17)26(21,22)15-5-2-1-3-6-15/h1-12,18,20H,13H2. The van der Waals surface area contributed by atoms with Crippen molar-refractivity contribution in [1.29, 1.82) is 0 Å². The molecule has 1 N–H and O–H groups in total. The Morgan fingerprint density at radius 1 is 0.852 bits per heavy atom. The van der Waals surface area contributed by atoms with Crippen molar-refractivity contribution in [1.82, 2.24) is 4.72 Å². The number of sulfone groups is 1. The molecule has 3 rings (SSSR count). The van der Waals surface area contributed by atoms with Gasteiger partial charge in [0.25, 0.3) is 0 Å². The first-order chi connectivity index (χ1) is 12.8. The van der Waals surface area contributed by atoms with Crippen LogP contribution in [-0.2, 0) is 19.9 Å². The molecule has 0 radical (unpaired) electrons. The molecule has 2 aromatic carbocycles. The first-order valence-electron chi connectivity index (χ1n) is 7.88. The van der Waals surface area contributed by atoms with Gasteiger partial charge in [0.15, 0.2) is 9.84 Å². The second kappa shape index (κ2) is 7.63. The number of nitrogens with one attached hydrogen (secondary N) is 1. The van der Waals surface area contributed by atoms with E-state index in [-0.39, 0.29) is 15.6 Å². The summed E-state index contributed by atoms with van der Waals surface area (Å²) < 4.78 is 71.3. The van der Waals surface area contributed by atoms with Crippen molar-refractivity contribution < 1.29 is 25.6 Å². The number of sulfonamides is 1. The van der Waals surface area contributed by atoms with Gasteiger partial charge in [-0.25, -0.2) is 25.9 Å². The molecule has 0 fully saturated rings. The Hall–Kier alpha value is -2.49. The predicted molar refractivity (Wildman–Crippen MR) is 96.7 cm³/mol. The quantitative estimate of drug-likeness (QED) is 0.648. The molecule has 0 saturated carbocycles. The zero-order valence-corrected chi connectivity index (χ0v) is 15.6. The van der Waals surface area contributed by atoms with E-state index in [1.807, 2.05) is 0 Å². The molecule has 9 heteroatoms. The van der Waals surface area contributed by atoms with Gasteiger partial charge in [0.05, 0.1) is 16.1 Å². The summed E-state index contributed by atoms with van der Waals surface area (Å²) in [5.41, 5.74) is 0. The molecule has 1 unspecified atom stereocenters. The van der Waals surface area contributed by atoms with Crippen LogP contribution in [-0.4, -0.2) is 23.4 Å². The molecule has 1 atom stereocenters. The van der Waals surface area contributed by atoms with Gasteiger partial charge in [-0.3, -0.25) is 0 Å². The van der Waals surface area contributed by atoms with Crippen LogP contribution in [0.2, 0.25) is 0 Å². The molecule has 0 amide bonds. The number of rotatable bonds is 7. The van der Waals surface area contributed by atoms with Crippen LogP contribution >= 0.6 is 0 Å². The minimum atomic E-state index is -4.03. The van der Waals surface area contributed by atoms with Crippen molar-refractivity contribution in [3.63, 3.8) is 0 Å². The largest absolute Gasteiger partial charge is 0.468 e. The molecule has 1 heterocycles. The molecular weight excluding hydrogens is 393 g/mol. The number of hydrogen-bond donors (Lipinski definition) is 1. The van der Waals surface area contributed by atoms with E-state index in [0.717, 1.165) is 24.3 Å². The summed E-state index contributed by atoms with van der Waals surface area (Å²) in [6, 6.07) is 14.9. The smallest absolute Gasteiger partial charge is 0.240 e. The van der Waals surface area contributed by atoms with Crippen molar-refractivity contribution in [2.75, 3.05) is 6.54 Å². The number of halogens is 1. The lowest BCUT2D eigenvalue weighted by Gasteiger charge is -2.17. The second-order valence-electron chi connectivity index (χ2n) is 5.67. The Labute approximate surface area is 156 Å². The third-order valence-electron chi connectivity index (χ3n) is 3.89. The second-order valence-corrected chi connectivity index (χ2v) is 9.57. The molecular formula is C18H16FNO5S2. The van der Waals surface area contributed by atoms with Gasteiger partial charge >= 0.3 is 0 Å². The summed E-state index contributed by atoms with van der Waals surface area (Å²) in [7, 11) is -7.94. The summed E-state index contributed by atoms with van der Waals surface area (Å²) in [4.78, 5) is -0.119. The fraction of sp³-hybridized carbons (Fsp3) is 0.111. The molecule has 0 saturated heterocycles. The molecule has 0 aliphatic carbocycles. The van der Waals surface area contributed by atoms with Crippen molar-refractivity contribution >= 4 is 19.9 Å². The number of furan rings is 1. The summed E-state index contributed by atoms with van der Waals surface area (Å²) >= 11 is 0. The van der Waals surface area contributed by atoms with E-state index in [2.05, 4.69) is 4.72 Å². The Kier molecular flexibility index (Phi) is 5.45. The first-order valence-corrected chi connectivity index (χ1v) is 10.9. The maximum absolute atomic E-state index is 13.0. The Morgan fingerprint density at radius 2 is 1.52 bits per heavy atom. The lowest BCUT2D eigenvalue weighted by Crippen LogP contribution is -2.31. The minimum absolute atomic E-state index is 0.0485. The highest BCUT2D eigenvalue weighted by atomic mass is 32.2. The Balaban J connectivity index is 1.91. The van der Waals surface area contributed by atoms with Crippen LogP contribution < -0.4 is 4.72 Å². The average molecular weight is 409 g/mol.